The van der Waals surface area contributed by atoms with Crippen molar-refractivity contribution < 1.29 is 0 Å². The van der Waals surface area contributed by atoms with Crippen molar-refractivity contribution in [1.29, 1.82) is 0 Å². The monoisotopic (exact) mass is 771 g/mol. The molecule has 0 aromatic heterocycles. The summed E-state index contributed by atoms with van der Waals surface area (Å²) < 4.78 is 0. The van der Waals surface area contributed by atoms with E-state index in [9.17, 15) is 0 Å². The molecule has 290 valence electrons. The standard InChI is InChI=1S/C59H49N/c1-39-20-18-30-48(41-22-10-6-11-23-41)54(39)56(43-26-14-8-15-27-43)52-38-53(51-35-33-45-37-46(59(3,4)5)36-44-32-34-50(52)57(51)55(44)45)60(47-28-16-9-17-29-47)58-40(2)21-19-31-49(58)42-24-12-7-13-25-42/h6-38,56H,1-5H3. The Bertz CT molecular complexity index is 2920. The Kier molecular flexibility index (Phi) is 9.34. The molecule has 0 fully saturated rings. The van der Waals surface area contributed by atoms with Crippen molar-refractivity contribution in [3.05, 3.63) is 234 Å². The summed E-state index contributed by atoms with van der Waals surface area (Å²) in [6, 6.07) is 74.5. The fourth-order valence-corrected chi connectivity index (χ4v) is 9.63. The summed E-state index contributed by atoms with van der Waals surface area (Å²) in [6.07, 6.45) is 0. The van der Waals surface area contributed by atoms with Gasteiger partial charge in [-0.25, -0.2) is 0 Å². The van der Waals surface area contributed by atoms with Crippen molar-refractivity contribution in [3.8, 4) is 22.3 Å². The summed E-state index contributed by atoms with van der Waals surface area (Å²) in [5.41, 5.74) is 16.1. The topological polar surface area (TPSA) is 3.24 Å². The van der Waals surface area contributed by atoms with Crippen LogP contribution in [0.5, 0.6) is 0 Å². The Morgan fingerprint density at radius 3 is 1.60 bits per heavy atom. The van der Waals surface area contributed by atoms with Crippen molar-refractivity contribution in [2.24, 2.45) is 0 Å². The summed E-state index contributed by atoms with van der Waals surface area (Å²) in [4.78, 5) is 2.55. The number of hydrogen-bond acceptors (Lipinski definition) is 1. The van der Waals surface area contributed by atoms with E-state index >= 15 is 0 Å². The van der Waals surface area contributed by atoms with Gasteiger partial charge in [0.05, 0.1) is 11.4 Å². The first-order valence-corrected chi connectivity index (χ1v) is 21.2. The first kappa shape index (κ1) is 37.3. The van der Waals surface area contributed by atoms with Gasteiger partial charge in [0.25, 0.3) is 0 Å². The molecule has 0 saturated heterocycles. The SMILES string of the molecule is Cc1cccc(-c2ccccc2)c1C(c1ccccc1)c1cc(N(c2ccccc2)c2c(C)cccc2-c2ccccc2)c2ccc3cc(C(C)(C)C)cc4ccc1c2c43. The average Bonchev–Trinajstić information content (AvgIpc) is 3.28. The van der Waals surface area contributed by atoms with E-state index in [-0.39, 0.29) is 11.3 Å². The van der Waals surface area contributed by atoms with Crippen LogP contribution >= 0.6 is 0 Å². The van der Waals surface area contributed by atoms with Gasteiger partial charge >= 0.3 is 0 Å². The molecular weight excluding hydrogens is 723 g/mol. The molecule has 1 unspecified atom stereocenters. The van der Waals surface area contributed by atoms with Crippen LogP contribution in [0.3, 0.4) is 0 Å². The van der Waals surface area contributed by atoms with Crippen LogP contribution in [0, 0.1) is 13.8 Å². The predicted molar refractivity (Wildman–Crippen MR) is 258 cm³/mol. The Morgan fingerprint density at radius 2 is 0.983 bits per heavy atom. The van der Waals surface area contributed by atoms with E-state index in [1.54, 1.807) is 0 Å². The molecule has 10 aromatic rings. The van der Waals surface area contributed by atoms with Gasteiger partial charge < -0.3 is 4.90 Å². The van der Waals surface area contributed by atoms with E-state index in [2.05, 4.69) is 240 Å². The summed E-state index contributed by atoms with van der Waals surface area (Å²) in [5, 5.41) is 7.71. The highest BCUT2D eigenvalue weighted by atomic mass is 15.1. The summed E-state index contributed by atoms with van der Waals surface area (Å²) >= 11 is 0. The number of anilines is 3. The Hall–Kier alpha value is -6.96. The molecule has 1 atom stereocenters. The predicted octanol–water partition coefficient (Wildman–Crippen LogP) is 16.5. The highest BCUT2D eigenvalue weighted by Crippen LogP contribution is 2.52. The number of nitrogens with zero attached hydrogens (tertiary/aromatic N) is 1. The molecule has 10 aromatic carbocycles. The minimum atomic E-state index is -0.0702. The third-order valence-corrected chi connectivity index (χ3v) is 12.5. The number of para-hydroxylation sites is 2. The van der Waals surface area contributed by atoms with E-state index in [1.165, 1.54) is 99.3 Å². The van der Waals surface area contributed by atoms with E-state index in [0.717, 1.165) is 5.69 Å². The van der Waals surface area contributed by atoms with Crippen molar-refractivity contribution in [3.63, 3.8) is 0 Å². The van der Waals surface area contributed by atoms with Crippen LogP contribution in [0.2, 0.25) is 0 Å². The van der Waals surface area contributed by atoms with E-state index in [4.69, 9.17) is 0 Å². The third-order valence-electron chi connectivity index (χ3n) is 12.5. The lowest BCUT2D eigenvalue weighted by Crippen LogP contribution is -2.15. The average molecular weight is 772 g/mol. The van der Waals surface area contributed by atoms with Crippen molar-refractivity contribution in [2.75, 3.05) is 4.90 Å². The molecule has 10 rings (SSSR count). The molecule has 0 spiro atoms. The van der Waals surface area contributed by atoms with Gasteiger partial charge in [0.2, 0.25) is 0 Å². The highest BCUT2D eigenvalue weighted by molar-refractivity contribution is 6.27. The molecular formula is C59H49N. The van der Waals surface area contributed by atoms with E-state index in [1.807, 2.05) is 0 Å². The van der Waals surface area contributed by atoms with Crippen LogP contribution in [0.25, 0.3) is 54.6 Å². The number of benzene rings is 10. The summed E-state index contributed by atoms with van der Waals surface area (Å²) in [6.45, 7) is 11.5. The van der Waals surface area contributed by atoms with Gasteiger partial charge in [0.15, 0.2) is 0 Å². The normalized spacial score (nSPS) is 12.3. The van der Waals surface area contributed by atoms with Crippen LogP contribution in [0.1, 0.15) is 60.1 Å². The molecule has 0 amide bonds. The first-order chi connectivity index (χ1) is 29.3. The van der Waals surface area contributed by atoms with Crippen LogP contribution in [0.15, 0.2) is 200 Å². The Balaban J connectivity index is 1.39. The van der Waals surface area contributed by atoms with Crippen molar-refractivity contribution in [2.45, 2.75) is 46.0 Å². The molecule has 1 nitrogen and oxygen atoms in total. The zero-order valence-corrected chi connectivity index (χ0v) is 35.1. The lowest BCUT2D eigenvalue weighted by molar-refractivity contribution is 0.591. The smallest absolute Gasteiger partial charge is 0.0569 e. The van der Waals surface area contributed by atoms with Gasteiger partial charge in [0, 0.05) is 22.6 Å². The minimum absolute atomic E-state index is 0.0145. The Labute approximate surface area is 354 Å². The molecule has 0 radical (unpaired) electrons. The summed E-state index contributed by atoms with van der Waals surface area (Å²) in [5.74, 6) is -0.0702. The fraction of sp³-hybridized carbons (Fsp3) is 0.119. The highest BCUT2D eigenvalue weighted by Gasteiger charge is 2.30. The van der Waals surface area contributed by atoms with E-state index in [0.29, 0.717) is 0 Å². The molecule has 0 aliphatic heterocycles. The quantitative estimate of drug-likeness (QED) is 0.110. The second kappa shape index (κ2) is 15.0. The van der Waals surface area contributed by atoms with Gasteiger partial charge in [-0.1, -0.05) is 203 Å². The molecule has 0 aliphatic carbocycles. The molecule has 0 heterocycles. The maximum absolute atomic E-state index is 2.55. The maximum Gasteiger partial charge on any atom is 0.0569 e. The number of rotatable bonds is 8. The number of hydrogen-bond donors (Lipinski definition) is 0. The van der Waals surface area contributed by atoms with Gasteiger partial charge in [-0.3, -0.25) is 0 Å². The van der Waals surface area contributed by atoms with Crippen LogP contribution in [-0.2, 0) is 5.41 Å². The third kappa shape index (κ3) is 6.42. The maximum atomic E-state index is 2.55. The molecule has 0 bridgehead atoms. The lowest BCUT2D eigenvalue weighted by atomic mass is 9.76. The van der Waals surface area contributed by atoms with Crippen molar-refractivity contribution in [1.82, 2.24) is 0 Å². The van der Waals surface area contributed by atoms with Crippen LogP contribution in [-0.4, -0.2) is 0 Å². The second-order valence-corrected chi connectivity index (χ2v) is 17.4. The zero-order valence-electron chi connectivity index (χ0n) is 35.1. The molecule has 0 aliphatic rings. The van der Waals surface area contributed by atoms with Gasteiger partial charge in [0.1, 0.15) is 0 Å². The second-order valence-electron chi connectivity index (χ2n) is 17.4. The largest absolute Gasteiger partial charge is 0.309 e. The lowest BCUT2D eigenvalue weighted by Gasteiger charge is -2.33. The van der Waals surface area contributed by atoms with Gasteiger partial charge in [-0.15, -0.1) is 0 Å². The fourth-order valence-electron chi connectivity index (χ4n) is 9.63. The first-order valence-electron chi connectivity index (χ1n) is 21.2. The van der Waals surface area contributed by atoms with Crippen LogP contribution < -0.4 is 4.90 Å². The molecule has 0 N–H and O–H groups in total. The zero-order chi connectivity index (χ0) is 41.0. The summed E-state index contributed by atoms with van der Waals surface area (Å²) in [7, 11) is 0. The minimum Gasteiger partial charge on any atom is -0.309 e. The van der Waals surface area contributed by atoms with Crippen molar-refractivity contribution >= 4 is 49.4 Å². The van der Waals surface area contributed by atoms with Gasteiger partial charge in [-0.2, -0.15) is 0 Å². The Morgan fingerprint density at radius 1 is 0.450 bits per heavy atom. The van der Waals surface area contributed by atoms with E-state index < -0.39 is 0 Å². The van der Waals surface area contributed by atoms with Gasteiger partial charge in [-0.05, 0) is 114 Å². The molecule has 60 heavy (non-hydrogen) atoms. The van der Waals surface area contributed by atoms with Crippen LogP contribution in [0.4, 0.5) is 17.1 Å². The molecule has 1 heteroatoms. The molecule has 0 saturated carbocycles. The number of aryl methyl sites for hydroxylation is 2.